The van der Waals surface area contributed by atoms with Crippen LogP contribution in [0.3, 0.4) is 0 Å². The molecule has 0 bridgehead atoms. The molecule has 1 amide bonds. The van der Waals surface area contributed by atoms with Gasteiger partial charge >= 0.3 is 0 Å². The normalized spacial score (nSPS) is 14.0. The molecule has 1 N–H and O–H groups in total. The van der Waals surface area contributed by atoms with Crippen molar-refractivity contribution >= 4 is 23.1 Å². The standard InChI is InChI=1S/C20H30N2O5/c1-4-26-18-14-17(22-9-11-25-12-10-22)19(27-5-2)13-16(18)21-20(24)8-6-7-15(3)23/h13-14H,4-12H2,1-3H3,(H,21,24). The van der Waals surface area contributed by atoms with E-state index in [0.717, 1.165) is 18.8 Å². The minimum absolute atomic E-state index is 0.0892. The zero-order valence-electron chi connectivity index (χ0n) is 16.5. The van der Waals surface area contributed by atoms with Crippen molar-refractivity contribution in [1.82, 2.24) is 0 Å². The highest BCUT2D eigenvalue weighted by atomic mass is 16.5. The van der Waals surface area contributed by atoms with Gasteiger partial charge in [0.05, 0.1) is 37.8 Å². The van der Waals surface area contributed by atoms with E-state index in [9.17, 15) is 9.59 Å². The SMILES string of the molecule is CCOc1cc(N2CCOCC2)c(OCC)cc1NC(=O)CCCC(C)=O. The number of carbonyl (C=O) groups excluding carboxylic acids is 2. The molecule has 7 heteroatoms. The summed E-state index contributed by atoms with van der Waals surface area (Å²) in [6.07, 6.45) is 1.24. The van der Waals surface area contributed by atoms with E-state index in [0.29, 0.717) is 62.9 Å². The Labute approximate surface area is 161 Å². The molecule has 2 rings (SSSR count). The zero-order valence-corrected chi connectivity index (χ0v) is 16.5. The van der Waals surface area contributed by atoms with Crippen LogP contribution in [0.2, 0.25) is 0 Å². The van der Waals surface area contributed by atoms with E-state index < -0.39 is 0 Å². The van der Waals surface area contributed by atoms with E-state index >= 15 is 0 Å². The fraction of sp³-hybridized carbons (Fsp3) is 0.600. The van der Waals surface area contributed by atoms with Gasteiger partial charge in [-0.25, -0.2) is 0 Å². The van der Waals surface area contributed by atoms with Crippen LogP contribution in [0.4, 0.5) is 11.4 Å². The molecule has 0 spiro atoms. The summed E-state index contributed by atoms with van der Waals surface area (Å²) in [5, 5.41) is 2.90. The Balaban J connectivity index is 2.22. The van der Waals surface area contributed by atoms with Gasteiger partial charge in [0.1, 0.15) is 17.3 Å². The summed E-state index contributed by atoms with van der Waals surface area (Å²) in [6, 6.07) is 3.74. The maximum absolute atomic E-state index is 12.3. The van der Waals surface area contributed by atoms with Crippen LogP contribution in [0.25, 0.3) is 0 Å². The lowest BCUT2D eigenvalue weighted by atomic mass is 10.1. The summed E-state index contributed by atoms with van der Waals surface area (Å²) < 4.78 is 17.0. The van der Waals surface area contributed by atoms with Crippen LogP contribution in [0.15, 0.2) is 12.1 Å². The lowest BCUT2D eigenvalue weighted by Crippen LogP contribution is -2.36. The Kier molecular flexibility index (Phi) is 8.39. The van der Waals surface area contributed by atoms with Gasteiger partial charge in [-0.1, -0.05) is 0 Å². The summed E-state index contributed by atoms with van der Waals surface area (Å²) in [5.41, 5.74) is 1.53. The number of ether oxygens (including phenoxy) is 3. The summed E-state index contributed by atoms with van der Waals surface area (Å²) in [5.74, 6) is 1.27. The van der Waals surface area contributed by atoms with Gasteiger partial charge in [-0.3, -0.25) is 4.79 Å². The first-order valence-corrected chi connectivity index (χ1v) is 9.60. The minimum atomic E-state index is -0.140. The van der Waals surface area contributed by atoms with Gasteiger partial charge in [0.2, 0.25) is 5.91 Å². The molecule has 0 unspecified atom stereocenters. The number of hydrogen-bond acceptors (Lipinski definition) is 6. The number of amides is 1. The monoisotopic (exact) mass is 378 g/mol. The van der Waals surface area contributed by atoms with Gasteiger partial charge in [-0.2, -0.15) is 0 Å². The van der Waals surface area contributed by atoms with Crippen molar-refractivity contribution in [2.75, 3.05) is 49.7 Å². The highest BCUT2D eigenvalue weighted by Crippen LogP contribution is 2.39. The smallest absolute Gasteiger partial charge is 0.224 e. The van der Waals surface area contributed by atoms with E-state index in [4.69, 9.17) is 14.2 Å². The molecule has 0 aromatic heterocycles. The molecule has 0 atom stereocenters. The summed E-state index contributed by atoms with van der Waals surface area (Å²) >= 11 is 0. The first-order valence-electron chi connectivity index (χ1n) is 9.60. The largest absolute Gasteiger partial charge is 0.492 e. The van der Waals surface area contributed by atoms with Crippen molar-refractivity contribution < 1.29 is 23.8 Å². The molecule has 1 heterocycles. The molecule has 150 valence electrons. The number of hydrogen-bond donors (Lipinski definition) is 1. The van der Waals surface area contributed by atoms with Gasteiger partial charge in [0.25, 0.3) is 0 Å². The summed E-state index contributed by atoms with van der Waals surface area (Å²) in [4.78, 5) is 25.5. The first-order chi connectivity index (χ1) is 13.0. The lowest BCUT2D eigenvalue weighted by Gasteiger charge is -2.31. The minimum Gasteiger partial charge on any atom is -0.492 e. The molecule has 1 saturated heterocycles. The number of ketones is 1. The van der Waals surface area contributed by atoms with Crippen LogP contribution in [0.1, 0.15) is 40.0 Å². The molecular weight excluding hydrogens is 348 g/mol. The van der Waals surface area contributed by atoms with E-state index in [2.05, 4.69) is 10.2 Å². The third-order valence-corrected chi connectivity index (χ3v) is 4.22. The second-order valence-corrected chi connectivity index (χ2v) is 6.39. The third-order valence-electron chi connectivity index (χ3n) is 4.22. The predicted molar refractivity (Wildman–Crippen MR) is 105 cm³/mol. The van der Waals surface area contributed by atoms with E-state index in [1.807, 2.05) is 26.0 Å². The van der Waals surface area contributed by atoms with Crippen molar-refractivity contribution in [1.29, 1.82) is 0 Å². The molecule has 1 aromatic carbocycles. The van der Waals surface area contributed by atoms with Crippen molar-refractivity contribution in [3.8, 4) is 11.5 Å². The van der Waals surface area contributed by atoms with Crippen LogP contribution in [-0.4, -0.2) is 51.2 Å². The molecular formula is C20H30N2O5. The van der Waals surface area contributed by atoms with Crippen LogP contribution >= 0.6 is 0 Å². The molecule has 27 heavy (non-hydrogen) atoms. The highest BCUT2D eigenvalue weighted by Gasteiger charge is 2.20. The topological polar surface area (TPSA) is 77.1 Å². The van der Waals surface area contributed by atoms with Crippen LogP contribution < -0.4 is 19.7 Å². The van der Waals surface area contributed by atoms with E-state index in [-0.39, 0.29) is 11.7 Å². The summed E-state index contributed by atoms with van der Waals surface area (Å²) in [7, 11) is 0. The van der Waals surface area contributed by atoms with E-state index in [1.54, 1.807) is 0 Å². The fourth-order valence-corrected chi connectivity index (χ4v) is 2.95. The van der Waals surface area contributed by atoms with Crippen LogP contribution in [0, 0.1) is 0 Å². The van der Waals surface area contributed by atoms with E-state index in [1.165, 1.54) is 6.92 Å². The second-order valence-electron chi connectivity index (χ2n) is 6.39. The fourth-order valence-electron chi connectivity index (χ4n) is 2.95. The molecule has 0 saturated carbocycles. The molecule has 7 nitrogen and oxygen atoms in total. The second kappa shape index (κ2) is 10.8. The molecule has 0 radical (unpaired) electrons. The number of nitrogens with one attached hydrogen (secondary N) is 1. The third kappa shape index (κ3) is 6.43. The maximum Gasteiger partial charge on any atom is 0.224 e. The number of Topliss-reactive ketones (excluding diaryl/α,β-unsaturated/α-hetero) is 1. The maximum atomic E-state index is 12.3. The molecule has 1 aliphatic heterocycles. The van der Waals surface area contributed by atoms with Crippen molar-refractivity contribution in [3.05, 3.63) is 12.1 Å². The first kappa shape index (κ1) is 21.0. The van der Waals surface area contributed by atoms with Crippen LogP contribution in [0.5, 0.6) is 11.5 Å². The number of rotatable bonds is 10. The number of morpholine rings is 1. The van der Waals surface area contributed by atoms with Gasteiger partial charge in [-0.05, 0) is 27.2 Å². The van der Waals surface area contributed by atoms with Gasteiger partial charge < -0.3 is 29.2 Å². The Morgan fingerprint density at radius 1 is 1.07 bits per heavy atom. The number of anilines is 2. The van der Waals surface area contributed by atoms with Crippen molar-refractivity contribution in [3.63, 3.8) is 0 Å². The highest BCUT2D eigenvalue weighted by molar-refractivity contribution is 5.93. The van der Waals surface area contributed by atoms with Gasteiger partial charge in [-0.15, -0.1) is 0 Å². The Bertz CT molecular complexity index is 642. The zero-order chi connectivity index (χ0) is 19.6. The van der Waals surface area contributed by atoms with Crippen molar-refractivity contribution in [2.45, 2.75) is 40.0 Å². The predicted octanol–water partition coefficient (Wildman–Crippen LogP) is 3.02. The van der Waals surface area contributed by atoms with Gasteiger partial charge in [0, 0.05) is 38.1 Å². The number of carbonyl (C=O) groups is 2. The molecule has 1 aliphatic rings. The number of nitrogens with zero attached hydrogens (tertiary/aromatic N) is 1. The van der Waals surface area contributed by atoms with Crippen LogP contribution in [-0.2, 0) is 14.3 Å². The Morgan fingerprint density at radius 2 is 1.74 bits per heavy atom. The average molecular weight is 378 g/mol. The van der Waals surface area contributed by atoms with Gasteiger partial charge in [0.15, 0.2) is 0 Å². The molecule has 0 aliphatic carbocycles. The Morgan fingerprint density at radius 3 is 2.37 bits per heavy atom. The Hall–Kier alpha value is -2.28. The summed E-state index contributed by atoms with van der Waals surface area (Å²) in [6.45, 7) is 9.28. The average Bonchev–Trinajstić information content (AvgIpc) is 2.64. The van der Waals surface area contributed by atoms with Crippen molar-refractivity contribution in [2.24, 2.45) is 0 Å². The lowest BCUT2D eigenvalue weighted by molar-refractivity contribution is -0.117. The quantitative estimate of drug-likeness (QED) is 0.674. The molecule has 1 fully saturated rings. The molecule has 1 aromatic rings. The number of benzene rings is 1.